The first kappa shape index (κ1) is 31.3. The van der Waals surface area contributed by atoms with Crippen molar-refractivity contribution in [3.8, 4) is 0 Å². The van der Waals surface area contributed by atoms with Gasteiger partial charge in [-0.05, 0) is 59.4 Å². The molecule has 4 aromatic rings. The number of hydrogen-bond acceptors (Lipinski definition) is 4. The highest BCUT2D eigenvalue weighted by atomic mass is 35.5. The van der Waals surface area contributed by atoms with Gasteiger partial charge in [-0.1, -0.05) is 104 Å². The van der Waals surface area contributed by atoms with Gasteiger partial charge in [0.1, 0.15) is 0 Å². The molecule has 1 atom stereocenters. The van der Waals surface area contributed by atoms with Crippen molar-refractivity contribution in [2.24, 2.45) is 5.92 Å². The van der Waals surface area contributed by atoms with Crippen molar-refractivity contribution in [1.82, 2.24) is 0 Å². The molecule has 0 aromatic heterocycles. The highest BCUT2D eigenvalue weighted by molar-refractivity contribution is 7.92. The van der Waals surface area contributed by atoms with Gasteiger partial charge >= 0.3 is 5.97 Å². The van der Waals surface area contributed by atoms with Crippen LogP contribution < -0.4 is 4.31 Å². The summed E-state index contributed by atoms with van der Waals surface area (Å²) in [5.74, 6) is -2.08. The lowest BCUT2D eigenvalue weighted by molar-refractivity contribution is -0.141. The van der Waals surface area contributed by atoms with Crippen LogP contribution in [0.2, 0.25) is 10.0 Å². The van der Waals surface area contributed by atoms with Gasteiger partial charge in [-0.2, -0.15) is 0 Å². The molecular weight excluding hydrogens is 593 g/mol. The minimum atomic E-state index is -4.15. The zero-order valence-electron chi connectivity index (χ0n) is 23.2. The molecule has 9 heteroatoms. The van der Waals surface area contributed by atoms with Gasteiger partial charge in [-0.25, -0.2) is 8.42 Å². The minimum absolute atomic E-state index is 0.00957. The normalized spacial score (nSPS) is 12.2. The van der Waals surface area contributed by atoms with Crippen molar-refractivity contribution in [3.63, 3.8) is 0 Å². The third-order valence-corrected chi connectivity index (χ3v) is 9.52. The van der Waals surface area contributed by atoms with Gasteiger partial charge in [0, 0.05) is 12.0 Å². The summed E-state index contributed by atoms with van der Waals surface area (Å²) in [6.07, 6.45) is -0.0320. The molecule has 0 amide bonds. The van der Waals surface area contributed by atoms with Crippen LogP contribution in [0.15, 0.2) is 102 Å². The monoisotopic (exact) mass is 623 g/mol. The van der Waals surface area contributed by atoms with Crippen LogP contribution in [0, 0.1) is 5.92 Å². The zero-order chi connectivity index (χ0) is 30.4. The third-order valence-electron chi connectivity index (χ3n) is 7.01. The number of carboxylic acid groups (broad SMARTS) is 1. The molecule has 1 unspecified atom stereocenters. The molecule has 1 N–H and O–H groups in total. The first-order chi connectivity index (χ1) is 20.0. The summed E-state index contributed by atoms with van der Waals surface area (Å²) in [4.78, 5) is 25.3. The van der Waals surface area contributed by atoms with Crippen molar-refractivity contribution >= 4 is 50.7 Å². The molecule has 0 aliphatic rings. The van der Waals surface area contributed by atoms with E-state index in [-0.39, 0.29) is 45.6 Å². The van der Waals surface area contributed by atoms with Gasteiger partial charge in [-0.15, -0.1) is 0 Å². The molecule has 0 radical (unpaired) electrons. The Morgan fingerprint density at radius 3 is 2.12 bits per heavy atom. The number of aliphatic carboxylic acids is 1. The van der Waals surface area contributed by atoms with E-state index in [9.17, 15) is 23.1 Å². The van der Waals surface area contributed by atoms with Crippen LogP contribution in [0.3, 0.4) is 0 Å². The number of carbonyl (C=O) groups is 2. The lowest BCUT2D eigenvalue weighted by Crippen LogP contribution is -2.31. The number of ketones is 1. The highest BCUT2D eigenvalue weighted by Gasteiger charge is 2.28. The SMILES string of the molecule is CC(C)c1ccc(CN(c2cccc(C(=O)CC(Cc3ccccc3)C(=O)O)c2)S(=O)(=O)c2ccc(Cl)c(Cl)c2)cc1. The van der Waals surface area contributed by atoms with Crippen LogP contribution >= 0.6 is 23.2 Å². The summed E-state index contributed by atoms with van der Waals surface area (Å²) in [7, 11) is -4.15. The van der Waals surface area contributed by atoms with Gasteiger partial charge in [0.15, 0.2) is 5.78 Å². The van der Waals surface area contributed by atoms with Crippen LogP contribution in [0.4, 0.5) is 5.69 Å². The van der Waals surface area contributed by atoms with Gasteiger partial charge < -0.3 is 5.11 Å². The van der Waals surface area contributed by atoms with E-state index in [1.807, 2.05) is 54.6 Å². The maximum Gasteiger partial charge on any atom is 0.307 e. The van der Waals surface area contributed by atoms with Gasteiger partial charge in [0.2, 0.25) is 0 Å². The Morgan fingerprint density at radius 2 is 1.50 bits per heavy atom. The molecule has 4 aromatic carbocycles. The molecule has 0 spiro atoms. The number of carbonyl (C=O) groups excluding carboxylic acids is 1. The molecule has 0 fully saturated rings. The number of sulfonamides is 1. The molecular formula is C33H31Cl2NO5S. The van der Waals surface area contributed by atoms with E-state index in [0.717, 1.165) is 16.7 Å². The first-order valence-corrected chi connectivity index (χ1v) is 15.6. The number of benzene rings is 4. The number of Topliss-reactive ketones (excluding diaryl/α,β-unsaturated/α-hetero) is 1. The van der Waals surface area contributed by atoms with Crippen molar-refractivity contribution < 1.29 is 23.1 Å². The average molecular weight is 625 g/mol. The van der Waals surface area contributed by atoms with Crippen molar-refractivity contribution in [3.05, 3.63) is 129 Å². The fraction of sp³-hybridized carbons (Fsp3) is 0.212. The van der Waals surface area contributed by atoms with E-state index in [1.165, 1.54) is 28.6 Å². The van der Waals surface area contributed by atoms with Crippen molar-refractivity contribution in [2.45, 2.75) is 44.0 Å². The summed E-state index contributed by atoms with van der Waals surface area (Å²) in [6, 6.07) is 27.1. The van der Waals surface area contributed by atoms with Crippen LogP contribution in [0.1, 0.15) is 53.2 Å². The second kappa shape index (κ2) is 13.6. The fourth-order valence-electron chi connectivity index (χ4n) is 4.57. The largest absolute Gasteiger partial charge is 0.481 e. The van der Waals surface area contributed by atoms with Gasteiger partial charge in [0.25, 0.3) is 10.0 Å². The first-order valence-electron chi connectivity index (χ1n) is 13.4. The predicted molar refractivity (Wildman–Crippen MR) is 167 cm³/mol. The maximum absolute atomic E-state index is 14.0. The number of rotatable bonds is 12. The Labute approximate surface area is 256 Å². The molecule has 0 saturated carbocycles. The molecule has 218 valence electrons. The minimum Gasteiger partial charge on any atom is -0.481 e. The van der Waals surface area contributed by atoms with E-state index >= 15 is 0 Å². The Hall–Kier alpha value is -3.65. The van der Waals surface area contributed by atoms with Crippen molar-refractivity contribution in [2.75, 3.05) is 4.31 Å². The van der Waals surface area contributed by atoms with Crippen LogP contribution in [-0.2, 0) is 27.8 Å². The highest BCUT2D eigenvalue weighted by Crippen LogP contribution is 2.31. The number of halogens is 2. The topological polar surface area (TPSA) is 91.8 Å². The molecule has 0 heterocycles. The lowest BCUT2D eigenvalue weighted by atomic mass is 9.92. The van der Waals surface area contributed by atoms with Crippen LogP contribution in [-0.4, -0.2) is 25.3 Å². The van der Waals surface area contributed by atoms with E-state index in [2.05, 4.69) is 13.8 Å². The summed E-state index contributed by atoms with van der Waals surface area (Å²) >= 11 is 12.2. The molecule has 42 heavy (non-hydrogen) atoms. The number of nitrogens with zero attached hydrogens (tertiary/aromatic N) is 1. The standard InChI is InChI=1S/C33H31Cl2NO5S/c1-22(2)25-13-11-24(12-14-25)21-36(42(40,41)29-15-16-30(34)31(35)20-29)28-10-6-9-26(18-28)32(37)19-27(33(38)39)17-23-7-4-3-5-8-23/h3-16,18,20,22,27H,17,19,21H2,1-2H3,(H,38,39). The third kappa shape index (κ3) is 7.59. The van der Waals surface area contributed by atoms with E-state index in [4.69, 9.17) is 23.2 Å². The van der Waals surface area contributed by atoms with E-state index in [1.54, 1.807) is 18.2 Å². The molecule has 6 nitrogen and oxygen atoms in total. The van der Waals surface area contributed by atoms with Crippen molar-refractivity contribution in [1.29, 1.82) is 0 Å². The molecule has 0 aliphatic heterocycles. The predicted octanol–water partition coefficient (Wildman–Crippen LogP) is 8.03. The Bertz CT molecular complexity index is 1670. The van der Waals surface area contributed by atoms with E-state index in [0.29, 0.717) is 5.92 Å². The molecule has 0 aliphatic carbocycles. The number of anilines is 1. The zero-order valence-corrected chi connectivity index (χ0v) is 25.5. The summed E-state index contributed by atoms with van der Waals surface area (Å²) in [6.45, 7) is 4.14. The molecule has 4 rings (SSSR count). The number of hydrogen-bond donors (Lipinski definition) is 1. The van der Waals surface area contributed by atoms with E-state index < -0.39 is 27.7 Å². The lowest BCUT2D eigenvalue weighted by Gasteiger charge is -2.25. The smallest absolute Gasteiger partial charge is 0.307 e. The quantitative estimate of drug-likeness (QED) is 0.161. The molecule has 0 bridgehead atoms. The Balaban J connectivity index is 1.69. The fourth-order valence-corrected chi connectivity index (χ4v) is 6.41. The second-order valence-electron chi connectivity index (χ2n) is 10.4. The molecule has 0 saturated heterocycles. The maximum atomic E-state index is 14.0. The summed E-state index contributed by atoms with van der Waals surface area (Å²) in [5, 5.41) is 10.1. The van der Waals surface area contributed by atoms with Crippen LogP contribution in [0.25, 0.3) is 0 Å². The Morgan fingerprint density at radius 1 is 0.810 bits per heavy atom. The summed E-state index contributed by atoms with van der Waals surface area (Å²) in [5.41, 5.74) is 3.15. The van der Waals surface area contributed by atoms with Crippen LogP contribution in [0.5, 0.6) is 0 Å². The number of carboxylic acids is 1. The van der Waals surface area contributed by atoms with Gasteiger partial charge in [0.05, 0.1) is 33.1 Å². The Kier molecular flexibility index (Phi) is 10.1. The average Bonchev–Trinajstić information content (AvgIpc) is 2.97. The summed E-state index contributed by atoms with van der Waals surface area (Å²) < 4.78 is 29.2. The second-order valence-corrected chi connectivity index (χ2v) is 13.1. The van der Waals surface area contributed by atoms with Gasteiger partial charge in [-0.3, -0.25) is 13.9 Å².